The number of pyridine rings is 1. The zero-order valence-electron chi connectivity index (χ0n) is 12.6. The summed E-state index contributed by atoms with van der Waals surface area (Å²) in [5, 5.41) is 0. The second-order valence-corrected chi connectivity index (χ2v) is 8.12. The van der Waals surface area contributed by atoms with Crippen molar-refractivity contribution in [3.8, 4) is 0 Å². The minimum absolute atomic E-state index is 0.0419. The van der Waals surface area contributed by atoms with Crippen molar-refractivity contribution in [2.45, 2.75) is 25.3 Å². The van der Waals surface area contributed by atoms with Crippen LogP contribution in [0.15, 0.2) is 24.5 Å². The molecule has 120 valence electrons. The fourth-order valence-corrected chi connectivity index (χ4v) is 4.61. The Balaban J connectivity index is 1.69. The second kappa shape index (κ2) is 5.96. The number of hydrogen-bond acceptors (Lipinski definition) is 4. The summed E-state index contributed by atoms with van der Waals surface area (Å²) in [4.78, 5) is 17.8. The van der Waals surface area contributed by atoms with Crippen LogP contribution < -0.4 is 4.72 Å². The molecule has 7 heteroatoms. The highest BCUT2D eigenvalue weighted by Crippen LogP contribution is 2.36. The van der Waals surface area contributed by atoms with Gasteiger partial charge < -0.3 is 4.90 Å². The zero-order valence-corrected chi connectivity index (χ0v) is 13.4. The SMILES string of the molecule is CN1C(=O)C[C@@H](CNS(=O)(=O)CC2CC2)[C@@H]1c1cccnc1. The molecule has 6 nitrogen and oxygen atoms in total. The molecule has 2 atom stereocenters. The van der Waals surface area contributed by atoms with E-state index in [2.05, 4.69) is 9.71 Å². The van der Waals surface area contributed by atoms with Crippen LogP contribution >= 0.6 is 0 Å². The highest BCUT2D eigenvalue weighted by Gasteiger charge is 2.39. The molecule has 1 amide bonds. The summed E-state index contributed by atoms with van der Waals surface area (Å²) in [7, 11) is -1.48. The minimum atomic E-state index is -3.24. The minimum Gasteiger partial charge on any atom is -0.338 e. The van der Waals surface area contributed by atoms with E-state index in [1.165, 1.54) is 0 Å². The van der Waals surface area contributed by atoms with Gasteiger partial charge in [0.1, 0.15) is 0 Å². The van der Waals surface area contributed by atoms with E-state index < -0.39 is 10.0 Å². The molecule has 22 heavy (non-hydrogen) atoms. The summed E-state index contributed by atoms with van der Waals surface area (Å²) < 4.78 is 26.7. The number of nitrogens with one attached hydrogen (secondary N) is 1. The van der Waals surface area contributed by atoms with Gasteiger partial charge in [-0.15, -0.1) is 0 Å². The maximum Gasteiger partial charge on any atom is 0.223 e. The van der Waals surface area contributed by atoms with Crippen LogP contribution in [0.2, 0.25) is 0 Å². The number of rotatable bonds is 6. The van der Waals surface area contributed by atoms with Crippen LogP contribution in [0.25, 0.3) is 0 Å². The van der Waals surface area contributed by atoms with E-state index in [1.54, 1.807) is 24.3 Å². The third kappa shape index (κ3) is 3.47. The van der Waals surface area contributed by atoms with Crippen LogP contribution in [0.4, 0.5) is 0 Å². The van der Waals surface area contributed by atoms with E-state index in [-0.39, 0.29) is 23.6 Å². The Kier molecular flexibility index (Phi) is 4.18. The van der Waals surface area contributed by atoms with Crippen molar-refractivity contribution in [2.24, 2.45) is 11.8 Å². The lowest BCUT2D eigenvalue weighted by molar-refractivity contribution is -0.127. The van der Waals surface area contributed by atoms with Crippen LogP contribution in [0.1, 0.15) is 30.9 Å². The van der Waals surface area contributed by atoms with Crippen LogP contribution in [-0.2, 0) is 14.8 Å². The quantitative estimate of drug-likeness (QED) is 0.844. The molecule has 3 rings (SSSR count). The Hall–Kier alpha value is -1.47. The Morgan fingerprint density at radius 2 is 2.18 bits per heavy atom. The predicted molar refractivity (Wildman–Crippen MR) is 82.4 cm³/mol. The van der Waals surface area contributed by atoms with Crippen molar-refractivity contribution >= 4 is 15.9 Å². The van der Waals surface area contributed by atoms with Gasteiger partial charge in [-0.05, 0) is 30.4 Å². The molecule has 0 bridgehead atoms. The van der Waals surface area contributed by atoms with Crippen molar-refractivity contribution < 1.29 is 13.2 Å². The van der Waals surface area contributed by atoms with Crippen LogP contribution in [0, 0.1) is 11.8 Å². The van der Waals surface area contributed by atoms with Gasteiger partial charge in [-0.25, -0.2) is 13.1 Å². The molecule has 1 aliphatic carbocycles. The van der Waals surface area contributed by atoms with Gasteiger partial charge in [-0.1, -0.05) is 6.07 Å². The Labute approximate surface area is 131 Å². The van der Waals surface area contributed by atoms with Crippen molar-refractivity contribution in [3.63, 3.8) is 0 Å². The number of sulfonamides is 1. The average Bonchev–Trinajstić information content (AvgIpc) is 3.23. The molecular formula is C15H21N3O3S. The fourth-order valence-electron chi connectivity index (χ4n) is 3.07. The lowest BCUT2D eigenvalue weighted by atomic mass is 9.95. The van der Waals surface area contributed by atoms with Crippen LogP contribution in [0.3, 0.4) is 0 Å². The van der Waals surface area contributed by atoms with Gasteiger partial charge in [-0.3, -0.25) is 9.78 Å². The number of hydrogen-bond donors (Lipinski definition) is 1. The molecule has 2 aliphatic rings. The van der Waals surface area contributed by atoms with Crippen molar-refractivity contribution in [3.05, 3.63) is 30.1 Å². The second-order valence-electron chi connectivity index (χ2n) is 6.27. The first-order valence-electron chi connectivity index (χ1n) is 7.59. The molecule has 2 fully saturated rings. The number of likely N-dealkylation sites (tertiary alicyclic amines) is 1. The fraction of sp³-hybridized carbons (Fsp3) is 0.600. The average molecular weight is 323 g/mol. The summed E-state index contributed by atoms with van der Waals surface area (Å²) in [5.41, 5.74) is 0.947. The molecule has 0 aromatic carbocycles. The molecule has 1 aromatic rings. The molecule has 0 unspecified atom stereocenters. The molecule has 0 radical (unpaired) electrons. The van der Waals surface area contributed by atoms with Gasteiger partial charge in [0.25, 0.3) is 0 Å². The van der Waals surface area contributed by atoms with Crippen molar-refractivity contribution in [1.82, 2.24) is 14.6 Å². The normalized spacial score (nSPS) is 25.7. The molecular weight excluding hydrogens is 302 g/mol. The van der Waals surface area contributed by atoms with Gasteiger partial charge in [0.05, 0.1) is 11.8 Å². The standard InChI is InChI=1S/C15H21N3O3S/c1-18-14(19)7-13(15(18)12-3-2-6-16-8-12)9-17-22(20,21)10-11-4-5-11/h2-3,6,8,11,13,15,17H,4-5,7,9-10H2,1H3/t13-,15-/m0/s1. The summed E-state index contributed by atoms with van der Waals surface area (Å²) in [5.74, 6) is 0.511. The maximum absolute atomic E-state index is 12.0. The molecule has 1 aromatic heterocycles. The third-order valence-electron chi connectivity index (χ3n) is 4.44. The number of amides is 1. The molecule has 1 aliphatic heterocycles. The van der Waals surface area contributed by atoms with E-state index in [0.717, 1.165) is 18.4 Å². The third-order valence-corrected chi connectivity index (χ3v) is 5.95. The lowest BCUT2D eigenvalue weighted by Gasteiger charge is -2.25. The van der Waals surface area contributed by atoms with Gasteiger partial charge >= 0.3 is 0 Å². The zero-order chi connectivity index (χ0) is 15.7. The largest absolute Gasteiger partial charge is 0.338 e. The molecule has 0 spiro atoms. The molecule has 2 heterocycles. The van der Waals surface area contributed by atoms with E-state index in [4.69, 9.17) is 0 Å². The smallest absolute Gasteiger partial charge is 0.223 e. The Morgan fingerprint density at radius 3 is 2.82 bits per heavy atom. The lowest BCUT2D eigenvalue weighted by Crippen LogP contribution is -2.34. The molecule has 1 N–H and O–H groups in total. The van der Waals surface area contributed by atoms with E-state index in [1.807, 2.05) is 12.1 Å². The number of carbonyl (C=O) groups is 1. The first kappa shape index (κ1) is 15.4. The van der Waals surface area contributed by atoms with E-state index in [0.29, 0.717) is 18.9 Å². The number of aromatic nitrogens is 1. The monoisotopic (exact) mass is 323 g/mol. The highest BCUT2D eigenvalue weighted by molar-refractivity contribution is 7.89. The summed E-state index contributed by atoms with van der Waals surface area (Å²) in [6.07, 6.45) is 5.80. The van der Waals surface area contributed by atoms with E-state index >= 15 is 0 Å². The Bertz CT molecular complexity index is 643. The summed E-state index contributed by atoms with van der Waals surface area (Å²) in [6.45, 7) is 0.296. The summed E-state index contributed by atoms with van der Waals surface area (Å²) in [6, 6.07) is 3.64. The van der Waals surface area contributed by atoms with Gasteiger partial charge in [0.15, 0.2) is 0 Å². The first-order valence-corrected chi connectivity index (χ1v) is 9.24. The highest BCUT2D eigenvalue weighted by atomic mass is 32.2. The molecule has 1 saturated heterocycles. The number of carbonyl (C=O) groups excluding carboxylic acids is 1. The van der Waals surface area contributed by atoms with Crippen LogP contribution in [0.5, 0.6) is 0 Å². The maximum atomic E-state index is 12.0. The van der Waals surface area contributed by atoms with Crippen LogP contribution in [-0.4, -0.2) is 43.6 Å². The molecule has 1 saturated carbocycles. The van der Waals surface area contributed by atoms with E-state index in [9.17, 15) is 13.2 Å². The summed E-state index contributed by atoms with van der Waals surface area (Å²) >= 11 is 0. The van der Waals surface area contributed by atoms with Crippen molar-refractivity contribution in [1.29, 1.82) is 0 Å². The first-order chi connectivity index (χ1) is 10.5. The van der Waals surface area contributed by atoms with Crippen molar-refractivity contribution in [2.75, 3.05) is 19.3 Å². The number of nitrogens with zero attached hydrogens (tertiary/aromatic N) is 2. The van der Waals surface area contributed by atoms with Gasteiger partial charge in [-0.2, -0.15) is 0 Å². The van der Waals surface area contributed by atoms with Gasteiger partial charge in [0.2, 0.25) is 15.9 Å². The van der Waals surface area contributed by atoms with Gasteiger partial charge in [0, 0.05) is 38.3 Å². The Morgan fingerprint density at radius 1 is 1.41 bits per heavy atom. The topological polar surface area (TPSA) is 79.4 Å². The predicted octanol–water partition coefficient (Wildman–Crippen LogP) is 0.930.